The van der Waals surface area contributed by atoms with Crippen molar-refractivity contribution in [3.05, 3.63) is 0 Å². The highest BCUT2D eigenvalue weighted by atomic mass is 32.1. The van der Waals surface area contributed by atoms with E-state index in [9.17, 15) is 9.59 Å². The third kappa shape index (κ3) is 4.14. The molecule has 0 rings (SSSR count). The van der Waals surface area contributed by atoms with Gasteiger partial charge in [0, 0.05) is 5.75 Å². The van der Waals surface area contributed by atoms with Gasteiger partial charge in [0.15, 0.2) is 0 Å². The first-order valence-electron chi connectivity index (χ1n) is 3.77. The highest BCUT2D eigenvalue weighted by molar-refractivity contribution is 7.80. The minimum atomic E-state index is -0.699. The number of amides is 1. The lowest BCUT2D eigenvalue weighted by atomic mass is 10.3. The summed E-state index contributed by atoms with van der Waals surface area (Å²) in [5.74, 6) is -0.674. The maximum atomic E-state index is 11.1. The normalized spacial score (nSPS) is 14.5. The average molecular weight is 206 g/mol. The number of methoxy groups -OCH3 is 1. The van der Waals surface area contributed by atoms with Crippen LogP contribution in [0.4, 0.5) is 0 Å². The van der Waals surface area contributed by atoms with Crippen molar-refractivity contribution < 1.29 is 14.3 Å². The van der Waals surface area contributed by atoms with E-state index in [1.807, 2.05) is 0 Å². The van der Waals surface area contributed by atoms with E-state index in [1.165, 1.54) is 14.0 Å². The summed E-state index contributed by atoms with van der Waals surface area (Å²) in [6.45, 7) is 1.52. The Kier molecular flexibility index (Phi) is 5.48. The molecular formula is C7H14N2O3S. The Morgan fingerprint density at radius 2 is 2.15 bits per heavy atom. The molecule has 0 radical (unpaired) electrons. The van der Waals surface area contributed by atoms with Crippen LogP contribution in [0.2, 0.25) is 0 Å². The number of carbonyl (C=O) groups is 2. The summed E-state index contributed by atoms with van der Waals surface area (Å²) < 4.78 is 4.41. The fourth-order valence-electron chi connectivity index (χ4n) is 0.639. The molecule has 0 aromatic rings. The van der Waals surface area contributed by atoms with Gasteiger partial charge in [-0.2, -0.15) is 12.6 Å². The highest BCUT2D eigenvalue weighted by Gasteiger charge is 2.18. The molecule has 0 aliphatic carbocycles. The zero-order chi connectivity index (χ0) is 10.4. The number of rotatable bonds is 4. The van der Waals surface area contributed by atoms with Crippen LogP contribution in [-0.2, 0) is 14.3 Å². The Bertz CT molecular complexity index is 198. The first kappa shape index (κ1) is 12.2. The summed E-state index contributed by atoms with van der Waals surface area (Å²) in [6, 6.07) is -1.38. The largest absolute Gasteiger partial charge is 0.467 e. The Morgan fingerprint density at radius 1 is 1.62 bits per heavy atom. The molecule has 6 heteroatoms. The van der Waals surface area contributed by atoms with Crippen LogP contribution in [0.5, 0.6) is 0 Å². The standard InChI is InChI=1S/C7H14N2O3S/c1-4(7(11)12-2)9-6(10)5(8)3-13/h4-5,13H,3,8H2,1-2H3,(H,9,10)/t4-,5-/m0/s1. The van der Waals surface area contributed by atoms with Crippen LogP contribution < -0.4 is 11.1 Å². The summed E-state index contributed by atoms with van der Waals surface area (Å²) in [5.41, 5.74) is 5.37. The van der Waals surface area contributed by atoms with E-state index < -0.39 is 24.0 Å². The smallest absolute Gasteiger partial charge is 0.328 e. The van der Waals surface area contributed by atoms with E-state index in [-0.39, 0.29) is 5.75 Å². The number of esters is 1. The summed E-state index contributed by atoms with van der Waals surface area (Å²) in [5, 5.41) is 2.39. The summed E-state index contributed by atoms with van der Waals surface area (Å²) in [4.78, 5) is 22.0. The fraction of sp³-hybridized carbons (Fsp3) is 0.714. The van der Waals surface area contributed by atoms with Gasteiger partial charge in [0.25, 0.3) is 0 Å². The lowest BCUT2D eigenvalue weighted by Gasteiger charge is -2.14. The predicted octanol–water partition coefficient (Wildman–Crippen LogP) is -1.08. The van der Waals surface area contributed by atoms with E-state index in [2.05, 4.69) is 22.7 Å². The number of nitrogens with two attached hydrogens (primary N) is 1. The maximum Gasteiger partial charge on any atom is 0.328 e. The Labute approximate surface area is 82.4 Å². The summed E-state index contributed by atoms with van der Waals surface area (Å²) in [7, 11) is 1.25. The van der Waals surface area contributed by atoms with Gasteiger partial charge in [0.1, 0.15) is 6.04 Å². The van der Waals surface area contributed by atoms with Crippen molar-refractivity contribution in [3.63, 3.8) is 0 Å². The molecule has 0 bridgehead atoms. The van der Waals surface area contributed by atoms with Gasteiger partial charge in [0.05, 0.1) is 13.2 Å². The minimum Gasteiger partial charge on any atom is -0.467 e. The van der Waals surface area contributed by atoms with Crippen molar-refractivity contribution in [2.75, 3.05) is 12.9 Å². The molecule has 0 fully saturated rings. The lowest BCUT2D eigenvalue weighted by molar-refractivity contribution is -0.144. The number of hydrogen-bond donors (Lipinski definition) is 3. The monoisotopic (exact) mass is 206 g/mol. The van der Waals surface area contributed by atoms with Gasteiger partial charge in [-0.3, -0.25) is 4.79 Å². The van der Waals surface area contributed by atoms with Crippen molar-refractivity contribution in [1.29, 1.82) is 0 Å². The predicted molar refractivity (Wildman–Crippen MR) is 51.4 cm³/mol. The quantitative estimate of drug-likeness (QED) is 0.404. The molecule has 0 aromatic heterocycles. The summed E-state index contributed by atoms with van der Waals surface area (Å²) in [6.07, 6.45) is 0. The second kappa shape index (κ2) is 5.82. The Hall–Kier alpha value is -0.750. The SMILES string of the molecule is COC(=O)[C@H](C)NC(=O)[C@@H](N)CS. The van der Waals surface area contributed by atoms with Gasteiger partial charge in [0.2, 0.25) is 5.91 Å². The first-order chi connectivity index (χ1) is 6.02. The van der Waals surface area contributed by atoms with Crippen LogP contribution in [0.3, 0.4) is 0 Å². The third-order valence-electron chi connectivity index (χ3n) is 1.45. The Balaban J connectivity index is 3.98. The number of nitrogens with one attached hydrogen (secondary N) is 1. The minimum absolute atomic E-state index is 0.236. The molecule has 0 saturated heterocycles. The van der Waals surface area contributed by atoms with Crippen LogP contribution in [-0.4, -0.2) is 36.8 Å². The van der Waals surface area contributed by atoms with Crippen LogP contribution in [0.1, 0.15) is 6.92 Å². The second-order valence-electron chi connectivity index (χ2n) is 2.54. The molecule has 0 spiro atoms. The van der Waals surface area contributed by atoms with E-state index in [1.54, 1.807) is 0 Å². The van der Waals surface area contributed by atoms with Gasteiger partial charge in [-0.25, -0.2) is 4.79 Å². The average Bonchev–Trinajstić information content (AvgIpc) is 2.14. The number of carbonyl (C=O) groups excluding carboxylic acids is 2. The van der Waals surface area contributed by atoms with Crippen LogP contribution in [0.15, 0.2) is 0 Å². The zero-order valence-corrected chi connectivity index (χ0v) is 8.51. The van der Waals surface area contributed by atoms with E-state index in [0.717, 1.165) is 0 Å². The molecule has 0 saturated carbocycles. The van der Waals surface area contributed by atoms with Gasteiger partial charge < -0.3 is 15.8 Å². The molecule has 3 N–H and O–H groups in total. The fourth-order valence-corrected chi connectivity index (χ4v) is 0.805. The van der Waals surface area contributed by atoms with Crippen molar-refractivity contribution in [1.82, 2.24) is 5.32 Å². The Morgan fingerprint density at radius 3 is 2.54 bits per heavy atom. The van der Waals surface area contributed by atoms with Gasteiger partial charge >= 0.3 is 5.97 Å². The number of ether oxygens (including phenoxy) is 1. The molecule has 2 atom stereocenters. The van der Waals surface area contributed by atoms with Crippen molar-refractivity contribution in [3.8, 4) is 0 Å². The number of thiol groups is 1. The van der Waals surface area contributed by atoms with E-state index in [0.29, 0.717) is 0 Å². The molecule has 76 valence electrons. The van der Waals surface area contributed by atoms with Gasteiger partial charge in [-0.05, 0) is 6.92 Å². The molecule has 5 nitrogen and oxygen atoms in total. The van der Waals surface area contributed by atoms with Crippen LogP contribution in [0, 0.1) is 0 Å². The highest BCUT2D eigenvalue weighted by Crippen LogP contribution is 1.89. The molecule has 0 unspecified atom stereocenters. The van der Waals surface area contributed by atoms with Crippen LogP contribution in [0.25, 0.3) is 0 Å². The maximum absolute atomic E-state index is 11.1. The van der Waals surface area contributed by atoms with Crippen LogP contribution >= 0.6 is 12.6 Å². The molecular weight excluding hydrogens is 192 g/mol. The molecule has 1 amide bonds. The first-order valence-corrected chi connectivity index (χ1v) is 4.40. The van der Waals surface area contributed by atoms with Gasteiger partial charge in [-0.15, -0.1) is 0 Å². The van der Waals surface area contributed by atoms with Crippen molar-refractivity contribution >= 4 is 24.5 Å². The molecule has 13 heavy (non-hydrogen) atoms. The van der Waals surface area contributed by atoms with Gasteiger partial charge in [-0.1, -0.05) is 0 Å². The molecule has 0 heterocycles. The molecule has 0 aliphatic heterocycles. The molecule has 0 aliphatic rings. The van der Waals surface area contributed by atoms with E-state index in [4.69, 9.17) is 5.73 Å². The van der Waals surface area contributed by atoms with Crippen molar-refractivity contribution in [2.24, 2.45) is 5.73 Å². The second-order valence-corrected chi connectivity index (χ2v) is 2.91. The summed E-state index contributed by atoms with van der Waals surface area (Å²) >= 11 is 3.85. The number of hydrogen-bond acceptors (Lipinski definition) is 5. The van der Waals surface area contributed by atoms with Crippen molar-refractivity contribution in [2.45, 2.75) is 19.0 Å². The topological polar surface area (TPSA) is 81.4 Å². The third-order valence-corrected chi connectivity index (χ3v) is 1.84. The van der Waals surface area contributed by atoms with E-state index >= 15 is 0 Å². The zero-order valence-electron chi connectivity index (χ0n) is 7.61. The lowest BCUT2D eigenvalue weighted by Crippen LogP contribution is -2.48. The molecule has 0 aromatic carbocycles.